The standard InChI is InChI=1S/C11H20O.C8H24O12Si8.C2H6/c1-4-8(2)9-5-6-11(3)10(7-9)12-11;1-21-9-22(2)12-25(5)14-23(3,10-21)16-27(7)17-24(4,11-21)15-26(6,13-22)19-28(8,18-25)20-27;1-2/h8-10H,4-7H2,1-3H3;1-8H3;1-2H3. The van der Waals surface area contributed by atoms with Crippen LogP contribution in [0, 0.1) is 11.8 Å². The van der Waals surface area contributed by atoms with Crippen LogP contribution in [0.25, 0.3) is 0 Å². The molecule has 13 nitrogen and oxygen atoms in total. The third kappa shape index (κ3) is 6.91. The lowest BCUT2D eigenvalue weighted by Gasteiger charge is -2.60. The van der Waals surface area contributed by atoms with Gasteiger partial charge in [0.1, 0.15) is 0 Å². The van der Waals surface area contributed by atoms with Crippen LogP contribution < -0.4 is 0 Å². The first-order valence-corrected chi connectivity index (χ1v) is 33.0. The van der Waals surface area contributed by atoms with E-state index in [1.54, 1.807) is 52.4 Å². The molecule has 42 heavy (non-hydrogen) atoms. The molecule has 7 saturated heterocycles. The molecule has 0 aromatic heterocycles. The summed E-state index contributed by atoms with van der Waals surface area (Å²) in [6, 6.07) is 0. The Labute approximate surface area is 259 Å². The van der Waals surface area contributed by atoms with E-state index >= 15 is 0 Å². The molecular formula is C21H50O13Si8. The van der Waals surface area contributed by atoms with Crippen LogP contribution in [0.4, 0.5) is 0 Å². The summed E-state index contributed by atoms with van der Waals surface area (Å²) in [5.41, 5.74) is 0.309. The number of epoxide rings is 1. The number of ether oxygens (including phenoxy) is 1. The smallest absolute Gasteiger partial charge is 0.374 e. The van der Waals surface area contributed by atoms with Gasteiger partial charge in [-0.15, -0.1) is 0 Å². The quantitative estimate of drug-likeness (QED) is 0.285. The zero-order chi connectivity index (χ0) is 31.3. The molecule has 1 saturated carbocycles. The summed E-state index contributed by atoms with van der Waals surface area (Å²) in [6.45, 7) is 24.9. The van der Waals surface area contributed by atoms with Gasteiger partial charge in [0.2, 0.25) is 0 Å². The Morgan fingerprint density at radius 3 is 1.05 bits per heavy atom. The fourth-order valence-electron chi connectivity index (χ4n) is 7.06. The van der Waals surface area contributed by atoms with Crippen LogP contribution in [-0.4, -0.2) is 82.1 Å². The fraction of sp³-hybridized carbons (Fsp3) is 1.00. The highest BCUT2D eigenvalue weighted by atomic mass is 28.6. The minimum absolute atomic E-state index is 0.309. The Balaban J connectivity index is 0.000000210. The zero-order valence-corrected chi connectivity index (χ0v) is 35.4. The van der Waals surface area contributed by atoms with Gasteiger partial charge in [0.15, 0.2) is 0 Å². The van der Waals surface area contributed by atoms with Crippen molar-refractivity contribution < 1.29 is 54.1 Å². The van der Waals surface area contributed by atoms with Gasteiger partial charge in [-0.25, -0.2) is 0 Å². The summed E-state index contributed by atoms with van der Waals surface area (Å²) < 4.78 is 82.4. The molecule has 0 aromatic rings. The van der Waals surface area contributed by atoms with Gasteiger partial charge >= 0.3 is 70.4 Å². The van der Waals surface area contributed by atoms with Crippen molar-refractivity contribution in [3.63, 3.8) is 0 Å². The monoisotopic (exact) mass is 734 g/mol. The van der Waals surface area contributed by atoms with Gasteiger partial charge in [-0.1, -0.05) is 34.1 Å². The van der Waals surface area contributed by atoms with Gasteiger partial charge in [-0.2, -0.15) is 0 Å². The first-order valence-electron chi connectivity index (χ1n) is 15.2. The van der Waals surface area contributed by atoms with E-state index in [1.807, 2.05) is 13.8 Å². The molecule has 8 fully saturated rings. The van der Waals surface area contributed by atoms with E-state index < -0.39 is 70.4 Å². The van der Waals surface area contributed by atoms with Crippen LogP contribution in [-0.2, 0) is 54.1 Å². The van der Waals surface area contributed by atoms with Gasteiger partial charge in [-0.05, 0) is 38.0 Å². The third-order valence-electron chi connectivity index (χ3n) is 8.46. The van der Waals surface area contributed by atoms with E-state index in [1.165, 1.54) is 25.7 Å². The molecule has 0 radical (unpaired) electrons. The fourth-order valence-corrected chi connectivity index (χ4v) is 52.4. The van der Waals surface area contributed by atoms with Gasteiger partial charge in [-0.3, -0.25) is 0 Å². The molecule has 21 heteroatoms. The third-order valence-corrected chi connectivity index (χ3v) is 44.1. The van der Waals surface area contributed by atoms with Crippen molar-refractivity contribution in [3.05, 3.63) is 0 Å². The molecule has 8 aliphatic rings. The highest BCUT2D eigenvalue weighted by Gasteiger charge is 2.78. The Morgan fingerprint density at radius 2 is 0.833 bits per heavy atom. The van der Waals surface area contributed by atoms with E-state index in [9.17, 15) is 0 Å². The molecule has 0 aromatic carbocycles. The summed E-state index contributed by atoms with van der Waals surface area (Å²) in [4.78, 5) is 0. The second-order valence-corrected chi connectivity index (χ2v) is 36.6. The minimum Gasteiger partial charge on any atom is -0.374 e. The normalized spacial score (nSPS) is 57.9. The van der Waals surface area contributed by atoms with E-state index in [0.717, 1.165) is 11.8 Å². The predicted octanol–water partition coefficient (Wildman–Crippen LogP) is 4.82. The summed E-state index contributed by atoms with van der Waals surface area (Å²) in [5, 5.41) is 0. The molecule has 8 bridgehead atoms. The number of hydrogen-bond donors (Lipinski definition) is 0. The molecule has 1 aliphatic carbocycles. The van der Waals surface area contributed by atoms with Crippen LogP contribution in [0.1, 0.15) is 60.3 Å². The lowest BCUT2D eigenvalue weighted by Crippen LogP contribution is -2.86. The molecule has 0 spiro atoms. The van der Waals surface area contributed by atoms with Crippen LogP contribution in [0.2, 0.25) is 52.4 Å². The van der Waals surface area contributed by atoms with Gasteiger partial charge in [0.05, 0.1) is 11.7 Å². The summed E-state index contributed by atoms with van der Waals surface area (Å²) >= 11 is 0. The summed E-state index contributed by atoms with van der Waals surface area (Å²) in [7, 11) is -27.2. The molecule has 0 amide bonds. The van der Waals surface area contributed by atoms with Crippen molar-refractivity contribution in [1.29, 1.82) is 0 Å². The van der Waals surface area contributed by atoms with E-state index in [-0.39, 0.29) is 0 Å². The van der Waals surface area contributed by atoms with Crippen molar-refractivity contribution in [2.45, 2.75) is 124 Å². The average Bonchev–Trinajstić information content (AvgIpc) is 3.43. The Morgan fingerprint density at radius 1 is 0.571 bits per heavy atom. The molecule has 4 atom stereocenters. The topological polar surface area (TPSA) is 123 Å². The van der Waals surface area contributed by atoms with E-state index in [2.05, 4.69) is 20.8 Å². The Kier molecular flexibility index (Phi) is 8.94. The maximum absolute atomic E-state index is 6.39. The van der Waals surface area contributed by atoms with E-state index in [0.29, 0.717) is 11.7 Å². The van der Waals surface area contributed by atoms with Crippen molar-refractivity contribution >= 4 is 70.4 Å². The van der Waals surface area contributed by atoms with Crippen LogP contribution in [0.15, 0.2) is 0 Å². The second kappa shape index (κ2) is 10.9. The van der Waals surface area contributed by atoms with Crippen molar-refractivity contribution in [2.75, 3.05) is 0 Å². The largest absolute Gasteiger partial charge is 0.475 e. The van der Waals surface area contributed by atoms with Crippen LogP contribution in [0.5, 0.6) is 0 Å². The van der Waals surface area contributed by atoms with Crippen LogP contribution in [0.3, 0.4) is 0 Å². The highest BCUT2D eigenvalue weighted by molar-refractivity contribution is 7.02. The highest BCUT2D eigenvalue weighted by Crippen LogP contribution is 2.51. The van der Waals surface area contributed by atoms with Gasteiger partial charge in [0, 0.05) is 52.4 Å². The number of rotatable bonds is 2. The molecular weight excluding hydrogens is 685 g/mol. The van der Waals surface area contributed by atoms with Crippen molar-refractivity contribution in [1.82, 2.24) is 0 Å². The number of hydrogen-bond acceptors (Lipinski definition) is 13. The molecule has 7 heterocycles. The minimum atomic E-state index is -3.40. The summed E-state index contributed by atoms with van der Waals surface area (Å²) in [5.74, 6) is 1.84. The molecule has 4 unspecified atom stereocenters. The Hall–Kier alpha value is 1.22. The maximum atomic E-state index is 6.39. The maximum Gasteiger partial charge on any atom is 0.475 e. The zero-order valence-electron chi connectivity index (χ0n) is 27.4. The first kappa shape index (κ1) is 34.5. The lowest BCUT2D eigenvalue weighted by atomic mass is 9.76. The molecule has 0 N–H and O–H groups in total. The van der Waals surface area contributed by atoms with Crippen LogP contribution >= 0.6 is 0 Å². The summed E-state index contributed by atoms with van der Waals surface area (Å²) in [6.07, 6.45) is 5.96. The van der Waals surface area contributed by atoms with Crippen molar-refractivity contribution in [2.24, 2.45) is 11.8 Å². The molecule has 8 rings (SSSR count). The SMILES string of the molecule is CC.CCC(C)C1CCC2(C)OC2C1.C[Si]12O[Si]3(C)O[Si]4(C)O[Si](C)(O1)O[Si]1(C)O[Si](C)(O2)O[Si](C)(O3)O[Si](C)(O4)O1. The first-order chi connectivity index (χ1) is 19.1. The lowest BCUT2D eigenvalue weighted by molar-refractivity contribution is -0.0175. The molecule has 7 aliphatic heterocycles. The van der Waals surface area contributed by atoms with E-state index in [4.69, 9.17) is 54.1 Å². The number of fused-ring (bicyclic) bond motifs is 1. The van der Waals surface area contributed by atoms with Gasteiger partial charge in [0.25, 0.3) is 0 Å². The average molecular weight is 735 g/mol. The second-order valence-electron chi connectivity index (χ2n) is 13.0. The van der Waals surface area contributed by atoms with Gasteiger partial charge < -0.3 is 54.1 Å². The predicted molar refractivity (Wildman–Crippen MR) is 167 cm³/mol. The van der Waals surface area contributed by atoms with Crippen molar-refractivity contribution in [3.8, 4) is 0 Å². The Bertz CT molecular complexity index is 811. The molecule has 244 valence electrons.